The SMILES string of the molecule is Cc1ccc(C2CCNC2C(=O)O)cn1. The number of hydrogen-bond donors (Lipinski definition) is 2. The van der Waals surface area contributed by atoms with Crippen LogP contribution in [0.3, 0.4) is 0 Å². The first kappa shape index (κ1) is 10.1. The Bertz CT molecular complexity index is 361. The second kappa shape index (κ2) is 3.98. The number of carboxylic acids is 1. The molecule has 0 spiro atoms. The Kier molecular flexibility index (Phi) is 2.68. The highest BCUT2D eigenvalue weighted by Gasteiger charge is 2.33. The Balaban J connectivity index is 2.22. The zero-order valence-electron chi connectivity index (χ0n) is 8.60. The Morgan fingerprint density at radius 1 is 1.60 bits per heavy atom. The summed E-state index contributed by atoms with van der Waals surface area (Å²) < 4.78 is 0. The Morgan fingerprint density at radius 2 is 2.40 bits per heavy atom. The first-order valence-electron chi connectivity index (χ1n) is 5.07. The van der Waals surface area contributed by atoms with E-state index in [1.807, 2.05) is 19.1 Å². The standard InChI is InChI=1S/C11H14N2O2/c1-7-2-3-8(6-13-7)9-4-5-12-10(9)11(14)15/h2-3,6,9-10,12H,4-5H2,1H3,(H,14,15). The summed E-state index contributed by atoms with van der Waals surface area (Å²) in [6.07, 6.45) is 2.64. The highest BCUT2D eigenvalue weighted by molar-refractivity contribution is 5.75. The van der Waals surface area contributed by atoms with Gasteiger partial charge < -0.3 is 10.4 Å². The maximum Gasteiger partial charge on any atom is 0.321 e. The number of carbonyl (C=O) groups is 1. The van der Waals surface area contributed by atoms with Crippen molar-refractivity contribution >= 4 is 5.97 Å². The number of aromatic nitrogens is 1. The van der Waals surface area contributed by atoms with Gasteiger partial charge >= 0.3 is 5.97 Å². The molecule has 2 rings (SSSR count). The zero-order valence-corrected chi connectivity index (χ0v) is 8.60. The molecule has 0 bridgehead atoms. The average Bonchev–Trinajstić information content (AvgIpc) is 2.67. The summed E-state index contributed by atoms with van der Waals surface area (Å²) in [6, 6.07) is 3.43. The molecule has 0 saturated carbocycles. The van der Waals surface area contributed by atoms with Gasteiger partial charge in [-0.25, -0.2) is 0 Å². The second-order valence-corrected chi connectivity index (χ2v) is 3.90. The molecule has 80 valence electrons. The topological polar surface area (TPSA) is 62.2 Å². The molecular formula is C11H14N2O2. The van der Waals surface area contributed by atoms with E-state index >= 15 is 0 Å². The highest BCUT2D eigenvalue weighted by Crippen LogP contribution is 2.27. The van der Waals surface area contributed by atoms with Gasteiger partial charge in [-0.1, -0.05) is 6.07 Å². The Labute approximate surface area is 88.3 Å². The fourth-order valence-electron chi connectivity index (χ4n) is 2.02. The van der Waals surface area contributed by atoms with Crippen LogP contribution in [0.15, 0.2) is 18.3 Å². The minimum absolute atomic E-state index is 0.0515. The van der Waals surface area contributed by atoms with Crippen molar-refractivity contribution < 1.29 is 9.90 Å². The summed E-state index contributed by atoms with van der Waals surface area (Å²) in [5.74, 6) is -0.728. The third-order valence-electron chi connectivity index (χ3n) is 2.85. The fourth-order valence-corrected chi connectivity index (χ4v) is 2.02. The molecule has 2 N–H and O–H groups in total. The van der Waals surface area contributed by atoms with Crippen molar-refractivity contribution in [3.8, 4) is 0 Å². The quantitative estimate of drug-likeness (QED) is 0.755. The lowest BCUT2D eigenvalue weighted by atomic mass is 9.93. The van der Waals surface area contributed by atoms with Crippen LogP contribution < -0.4 is 5.32 Å². The first-order valence-corrected chi connectivity index (χ1v) is 5.07. The van der Waals surface area contributed by atoms with Crippen LogP contribution in [0.25, 0.3) is 0 Å². The van der Waals surface area contributed by atoms with Crippen molar-refractivity contribution in [3.63, 3.8) is 0 Å². The van der Waals surface area contributed by atoms with Gasteiger partial charge in [0.2, 0.25) is 0 Å². The van der Waals surface area contributed by atoms with Crippen molar-refractivity contribution in [3.05, 3.63) is 29.6 Å². The lowest BCUT2D eigenvalue weighted by Gasteiger charge is -2.15. The van der Waals surface area contributed by atoms with Crippen LogP contribution in [0.4, 0.5) is 0 Å². The largest absolute Gasteiger partial charge is 0.480 e. The molecule has 0 aromatic carbocycles. The van der Waals surface area contributed by atoms with Gasteiger partial charge in [-0.2, -0.15) is 0 Å². The van der Waals surface area contributed by atoms with Crippen molar-refractivity contribution in [1.29, 1.82) is 0 Å². The number of carboxylic acid groups (broad SMARTS) is 1. The summed E-state index contributed by atoms with van der Waals surface area (Å²) in [5.41, 5.74) is 1.97. The number of nitrogens with zero attached hydrogens (tertiary/aromatic N) is 1. The number of nitrogens with one attached hydrogen (secondary N) is 1. The molecule has 1 aliphatic heterocycles. The summed E-state index contributed by atoms with van der Waals surface area (Å²) in [6.45, 7) is 2.68. The average molecular weight is 206 g/mol. The summed E-state index contributed by atoms with van der Waals surface area (Å²) in [4.78, 5) is 15.2. The van der Waals surface area contributed by atoms with E-state index < -0.39 is 12.0 Å². The monoisotopic (exact) mass is 206 g/mol. The number of pyridine rings is 1. The van der Waals surface area contributed by atoms with Gasteiger partial charge in [0.25, 0.3) is 0 Å². The lowest BCUT2D eigenvalue weighted by Crippen LogP contribution is -2.34. The smallest absolute Gasteiger partial charge is 0.321 e. The van der Waals surface area contributed by atoms with Crippen molar-refractivity contribution in [2.75, 3.05) is 6.54 Å². The van der Waals surface area contributed by atoms with E-state index in [4.69, 9.17) is 5.11 Å². The van der Waals surface area contributed by atoms with E-state index in [-0.39, 0.29) is 5.92 Å². The molecule has 1 fully saturated rings. The molecule has 2 heterocycles. The van der Waals surface area contributed by atoms with E-state index in [9.17, 15) is 4.79 Å². The van der Waals surface area contributed by atoms with E-state index in [2.05, 4.69) is 10.3 Å². The maximum atomic E-state index is 11.0. The van der Waals surface area contributed by atoms with Gasteiger partial charge in [0.1, 0.15) is 6.04 Å². The highest BCUT2D eigenvalue weighted by atomic mass is 16.4. The summed E-state index contributed by atoms with van der Waals surface area (Å²) >= 11 is 0. The van der Waals surface area contributed by atoms with Crippen molar-refractivity contribution in [1.82, 2.24) is 10.3 Å². The third kappa shape index (κ3) is 1.99. The van der Waals surface area contributed by atoms with Crippen molar-refractivity contribution in [2.24, 2.45) is 0 Å². The van der Waals surface area contributed by atoms with Gasteiger partial charge in [0.15, 0.2) is 0 Å². The van der Waals surface area contributed by atoms with E-state index in [1.54, 1.807) is 6.20 Å². The predicted octanol–water partition coefficient (Wildman–Crippen LogP) is 0.920. The minimum Gasteiger partial charge on any atom is -0.480 e. The third-order valence-corrected chi connectivity index (χ3v) is 2.85. The molecule has 1 aliphatic rings. The molecule has 15 heavy (non-hydrogen) atoms. The van der Waals surface area contributed by atoms with Crippen LogP contribution in [0.1, 0.15) is 23.6 Å². The molecule has 0 aliphatic carbocycles. The molecule has 2 atom stereocenters. The van der Waals surface area contributed by atoms with Crippen LogP contribution >= 0.6 is 0 Å². The van der Waals surface area contributed by atoms with Crippen LogP contribution in [0.2, 0.25) is 0 Å². The first-order chi connectivity index (χ1) is 7.18. The van der Waals surface area contributed by atoms with Gasteiger partial charge in [0.05, 0.1) is 0 Å². The molecule has 0 amide bonds. The molecule has 4 heteroatoms. The van der Waals surface area contributed by atoms with Gasteiger partial charge in [0, 0.05) is 17.8 Å². The lowest BCUT2D eigenvalue weighted by molar-refractivity contribution is -0.139. The summed E-state index contributed by atoms with van der Waals surface area (Å²) in [5, 5.41) is 12.0. The molecule has 2 unspecified atom stereocenters. The normalized spacial score (nSPS) is 25.4. The van der Waals surface area contributed by atoms with E-state index in [1.165, 1.54) is 0 Å². The second-order valence-electron chi connectivity index (χ2n) is 3.90. The minimum atomic E-state index is -0.780. The maximum absolute atomic E-state index is 11.0. The molecule has 4 nitrogen and oxygen atoms in total. The van der Waals surface area contributed by atoms with Crippen LogP contribution in [0, 0.1) is 6.92 Å². The van der Waals surface area contributed by atoms with Gasteiger partial charge in [-0.15, -0.1) is 0 Å². The Hall–Kier alpha value is -1.42. The number of aryl methyl sites for hydroxylation is 1. The number of aliphatic carboxylic acids is 1. The van der Waals surface area contributed by atoms with Gasteiger partial charge in [-0.05, 0) is 31.5 Å². The van der Waals surface area contributed by atoms with Gasteiger partial charge in [-0.3, -0.25) is 9.78 Å². The number of rotatable bonds is 2. The predicted molar refractivity (Wildman–Crippen MR) is 55.8 cm³/mol. The Morgan fingerprint density at radius 3 is 3.00 bits per heavy atom. The van der Waals surface area contributed by atoms with E-state index in [0.29, 0.717) is 0 Å². The molecule has 0 radical (unpaired) electrons. The molecular weight excluding hydrogens is 192 g/mol. The van der Waals surface area contributed by atoms with Crippen LogP contribution in [0.5, 0.6) is 0 Å². The van der Waals surface area contributed by atoms with Crippen molar-refractivity contribution in [2.45, 2.75) is 25.3 Å². The fraction of sp³-hybridized carbons (Fsp3) is 0.455. The summed E-state index contributed by atoms with van der Waals surface area (Å²) in [7, 11) is 0. The zero-order chi connectivity index (χ0) is 10.8. The van der Waals surface area contributed by atoms with E-state index in [0.717, 1.165) is 24.2 Å². The van der Waals surface area contributed by atoms with Crippen LogP contribution in [-0.4, -0.2) is 28.6 Å². The molecule has 1 aromatic rings. The molecule has 1 aromatic heterocycles. The van der Waals surface area contributed by atoms with Crippen LogP contribution in [-0.2, 0) is 4.79 Å². The number of hydrogen-bond acceptors (Lipinski definition) is 3. The molecule has 1 saturated heterocycles.